The van der Waals surface area contributed by atoms with Crippen molar-refractivity contribution in [1.82, 2.24) is 14.9 Å². The standard InChI is InChI=1S/C18H29N3O3S/c1-3-19-13-14-20-18(22)15-9-11-17(12-10-15)25(23,24)21(2)16-7-5-4-6-8-16/h9-12,16,19H,3-8,13-14H2,1-2H3,(H,20,22). The molecule has 0 heterocycles. The van der Waals surface area contributed by atoms with Gasteiger partial charge >= 0.3 is 0 Å². The normalized spacial score (nSPS) is 16.1. The lowest BCUT2D eigenvalue weighted by Crippen LogP contribution is -2.38. The highest BCUT2D eigenvalue weighted by Gasteiger charge is 2.29. The van der Waals surface area contributed by atoms with Gasteiger partial charge in [-0.25, -0.2) is 8.42 Å². The Labute approximate surface area is 151 Å². The van der Waals surface area contributed by atoms with E-state index in [1.807, 2.05) is 6.92 Å². The summed E-state index contributed by atoms with van der Waals surface area (Å²) >= 11 is 0. The van der Waals surface area contributed by atoms with Crippen LogP contribution in [0.3, 0.4) is 0 Å². The third-order valence-electron chi connectivity index (χ3n) is 4.72. The summed E-state index contributed by atoms with van der Waals surface area (Å²) in [6.45, 7) is 4.11. The van der Waals surface area contributed by atoms with Crippen molar-refractivity contribution in [2.24, 2.45) is 0 Å². The van der Waals surface area contributed by atoms with Crippen LogP contribution in [0.2, 0.25) is 0 Å². The van der Waals surface area contributed by atoms with Crippen LogP contribution in [-0.4, -0.2) is 51.4 Å². The molecule has 0 bridgehead atoms. The molecule has 0 aromatic heterocycles. The second-order valence-electron chi connectivity index (χ2n) is 6.45. The summed E-state index contributed by atoms with van der Waals surface area (Å²) in [6.07, 6.45) is 5.18. The van der Waals surface area contributed by atoms with Gasteiger partial charge < -0.3 is 10.6 Å². The van der Waals surface area contributed by atoms with Crippen molar-refractivity contribution in [3.8, 4) is 0 Å². The zero-order chi connectivity index (χ0) is 18.3. The number of sulfonamides is 1. The predicted octanol–water partition coefficient (Wildman–Crippen LogP) is 1.98. The van der Waals surface area contributed by atoms with Gasteiger partial charge in [0, 0.05) is 31.7 Å². The Morgan fingerprint density at radius 1 is 1.12 bits per heavy atom. The molecule has 1 amide bonds. The lowest BCUT2D eigenvalue weighted by atomic mass is 9.96. The number of nitrogens with one attached hydrogen (secondary N) is 2. The zero-order valence-corrected chi connectivity index (χ0v) is 15.9. The molecule has 2 N–H and O–H groups in total. The van der Waals surface area contributed by atoms with E-state index in [1.165, 1.54) is 22.9 Å². The van der Waals surface area contributed by atoms with Gasteiger partial charge in [0.25, 0.3) is 5.91 Å². The lowest BCUT2D eigenvalue weighted by molar-refractivity contribution is 0.0954. The number of rotatable bonds is 8. The van der Waals surface area contributed by atoms with Crippen LogP contribution in [-0.2, 0) is 10.0 Å². The molecule has 0 unspecified atom stereocenters. The third kappa shape index (κ3) is 5.26. The molecule has 0 atom stereocenters. The fourth-order valence-corrected chi connectivity index (χ4v) is 4.54. The quantitative estimate of drug-likeness (QED) is 0.689. The summed E-state index contributed by atoms with van der Waals surface area (Å²) in [7, 11) is -1.85. The number of carbonyl (C=O) groups is 1. The Balaban J connectivity index is 2.01. The molecule has 25 heavy (non-hydrogen) atoms. The van der Waals surface area contributed by atoms with Crippen molar-refractivity contribution in [2.75, 3.05) is 26.7 Å². The highest BCUT2D eigenvalue weighted by Crippen LogP contribution is 2.26. The number of nitrogens with zero attached hydrogens (tertiary/aromatic N) is 1. The maximum atomic E-state index is 12.8. The van der Waals surface area contributed by atoms with Crippen molar-refractivity contribution in [2.45, 2.75) is 50.0 Å². The van der Waals surface area contributed by atoms with Gasteiger partial charge in [0.05, 0.1) is 4.90 Å². The molecule has 1 aliphatic rings. The largest absolute Gasteiger partial charge is 0.351 e. The van der Waals surface area contributed by atoms with Crippen molar-refractivity contribution in [3.63, 3.8) is 0 Å². The summed E-state index contributed by atoms with van der Waals surface area (Å²) in [6, 6.07) is 6.27. The summed E-state index contributed by atoms with van der Waals surface area (Å²) in [4.78, 5) is 12.3. The molecule has 0 radical (unpaired) electrons. The molecule has 0 saturated heterocycles. The van der Waals surface area contributed by atoms with Crippen LogP contribution in [0.1, 0.15) is 49.4 Å². The van der Waals surface area contributed by atoms with E-state index < -0.39 is 10.0 Å². The maximum Gasteiger partial charge on any atom is 0.251 e. The highest BCUT2D eigenvalue weighted by atomic mass is 32.2. The van der Waals surface area contributed by atoms with Crippen LogP contribution in [0.5, 0.6) is 0 Å². The van der Waals surface area contributed by atoms with E-state index in [4.69, 9.17) is 0 Å². The monoisotopic (exact) mass is 367 g/mol. The topological polar surface area (TPSA) is 78.5 Å². The number of benzene rings is 1. The van der Waals surface area contributed by atoms with Crippen LogP contribution in [0.25, 0.3) is 0 Å². The molecule has 0 aliphatic heterocycles. The first-order valence-electron chi connectivity index (χ1n) is 9.04. The minimum Gasteiger partial charge on any atom is -0.351 e. The second kappa shape index (κ2) is 9.31. The summed E-state index contributed by atoms with van der Waals surface area (Å²) in [5.41, 5.74) is 0.468. The molecule has 1 saturated carbocycles. The molecule has 1 aromatic rings. The van der Waals surface area contributed by atoms with Gasteiger partial charge in [-0.3, -0.25) is 4.79 Å². The van der Waals surface area contributed by atoms with Crippen LogP contribution < -0.4 is 10.6 Å². The Kier molecular flexibility index (Phi) is 7.40. The molecule has 1 fully saturated rings. The lowest BCUT2D eigenvalue weighted by Gasteiger charge is -2.30. The van der Waals surface area contributed by atoms with Crippen LogP contribution in [0.15, 0.2) is 29.2 Å². The number of amides is 1. The Hall–Kier alpha value is -1.44. The van der Waals surface area contributed by atoms with E-state index >= 15 is 0 Å². The summed E-state index contributed by atoms with van der Waals surface area (Å²) < 4.78 is 27.0. The van der Waals surface area contributed by atoms with Gasteiger partial charge in [-0.2, -0.15) is 4.31 Å². The Bertz CT molecular complexity index is 653. The summed E-state index contributed by atoms with van der Waals surface area (Å²) in [5, 5.41) is 5.93. The van der Waals surface area contributed by atoms with Crippen LogP contribution in [0, 0.1) is 0 Å². The second-order valence-corrected chi connectivity index (χ2v) is 8.44. The molecule has 1 aromatic carbocycles. The molecule has 2 rings (SSSR count). The third-order valence-corrected chi connectivity index (χ3v) is 6.64. The van der Waals surface area contributed by atoms with E-state index in [-0.39, 0.29) is 16.8 Å². The molecule has 1 aliphatic carbocycles. The van der Waals surface area contributed by atoms with Crippen molar-refractivity contribution < 1.29 is 13.2 Å². The van der Waals surface area contributed by atoms with Gasteiger partial charge in [-0.1, -0.05) is 26.2 Å². The first-order chi connectivity index (χ1) is 12.0. The highest BCUT2D eigenvalue weighted by molar-refractivity contribution is 7.89. The predicted molar refractivity (Wildman–Crippen MR) is 99.1 cm³/mol. The van der Waals surface area contributed by atoms with Gasteiger partial charge in [0.15, 0.2) is 0 Å². The first kappa shape index (κ1) is 19.9. The number of hydrogen-bond donors (Lipinski definition) is 2. The maximum absolute atomic E-state index is 12.8. The van der Waals surface area contributed by atoms with E-state index in [0.717, 1.165) is 32.2 Å². The smallest absolute Gasteiger partial charge is 0.251 e. The van der Waals surface area contributed by atoms with E-state index in [9.17, 15) is 13.2 Å². The van der Waals surface area contributed by atoms with E-state index in [0.29, 0.717) is 18.7 Å². The number of carbonyl (C=O) groups excluding carboxylic acids is 1. The molecular weight excluding hydrogens is 338 g/mol. The van der Waals surface area contributed by atoms with E-state index in [2.05, 4.69) is 10.6 Å². The Morgan fingerprint density at radius 3 is 2.36 bits per heavy atom. The minimum absolute atomic E-state index is 0.0767. The zero-order valence-electron chi connectivity index (χ0n) is 15.1. The van der Waals surface area contributed by atoms with Gasteiger partial charge in [-0.05, 0) is 43.7 Å². The number of likely N-dealkylation sites (N-methyl/N-ethyl adjacent to an activating group) is 1. The van der Waals surface area contributed by atoms with Gasteiger partial charge in [-0.15, -0.1) is 0 Å². The average molecular weight is 368 g/mol. The Morgan fingerprint density at radius 2 is 1.76 bits per heavy atom. The van der Waals surface area contributed by atoms with Gasteiger partial charge in [0.1, 0.15) is 0 Å². The molecule has 0 spiro atoms. The fourth-order valence-electron chi connectivity index (χ4n) is 3.13. The average Bonchev–Trinajstić information content (AvgIpc) is 2.65. The fraction of sp³-hybridized carbons (Fsp3) is 0.611. The molecule has 140 valence electrons. The van der Waals surface area contributed by atoms with Crippen molar-refractivity contribution in [1.29, 1.82) is 0 Å². The molecule has 7 heteroatoms. The van der Waals surface area contributed by atoms with Crippen LogP contribution >= 0.6 is 0 Å². The molecule has 6 nitrogen and oxygen atoms in total. The summed E-state index contributed by atoms with van der Waals surface area (Å²) in [5.74, 6) is -0.192. The van der Waals surface area contributed by atoms with Gasteiger partial charge in [0.2, 0.25) is 10.0 Å². The van der Waals surface area contributed by atoms with Crippen molar-refractivity contribution in [3.05, 3.63) is 29.8 Å². The minimum atomic E-state index is -3.51. The number of hydrogen-bond acceptors (Lipinski definition) is 4. The van der Waals surface area contributed by atoms with E-state index in [1.54, 1.807) is 19.2 Å². The van der Waals surface area contributed by atoms with Crippen molar-refractivity contribution >= 4 is 15.9 Å². The molecular formula is C18H29N3O3S. The first-order valence-corrected chi connectivity index (χ1v) is 10.5. The van der Waals surface area contributed by atoms with Crippen LogP contribution in [0.4, 0.5) is 0 Å². The SMILES string of the molecule is CCNCCNC(=O)c1ccc(S(=O)(=O)N(C)C2CCCCC2)cc1.